The zero-order chi connectivity index (χ0) is 17.5. The van der Waals surface area contributed by atoms with E-state index in [0.29, 0.717) is 0 Å². The van der Waals surface area contributed by atoms with E-state index >= 15 is 0 Å². The summed E-state index contributed by atoms with van der Waals surface area (Å²) < 4.78 is 5.97. The maximum absolute atomic E-state index is 5.97. The van der Waals surface area contributed by atoms with Gasteiger partial charge in [0.15, 0.2) is 0 Å². The van der Waals surface area contributed by atoms with Gasteiger partial charge in [0, 0.05) is 10.8 Å². The summed E-state index contributed by atoms with van der Waals surface area (Å²) in [4.78, 5) is 0. The maximum Gasteiger partial charge on any atom is 0.135 e. The van der Waals surface area contributed by atoms with E-state index in [1.54, 1.807) is 0 Å². The molecule has 0 aliphatic carbocycles. The van der Waals surface area contributed by atoms with E-state index in [2.05, 4.69) is 85.8 Å². The third-order valence-corrected chi connectivity index (χ3v) is 4.98. The van der Waals surface area contributed by atoms with Crippen molar-refractivity contribution in [3.63, 3.8) is 0 Å². The van der Waals surface area contributed by atoms with E-state index in [1.165, 1.54) is 27.8 Å². The fraction of sp³-hybridized carbons (Fsp3) is 0.0400. The second-order valence-electron chi connectivity index (χ2n) is 6.72. The zero-order valence-electron chi connectivity index (χ0n) is 14.6. The van der Waals surface area contributed by atoms with Crippen molar-refractivity contribution >= 4 is 21.9 Å². The summed E-state index contributed by atoms with van der Waals surface area (Å²) in [6.07, 6.45) is 0. The smallest absolute Gasteiger partial charge is 0.135 e. The Labute approximate surface area is 152 Å². The monoisotopic (exact) mass is 334 g/mol. The van der Waals surface area contributed by atoms with Crippen molar-refractivity contribution in [1.29, 1.82) is 0 Å². The van der Waals surface area contributed by atoms with Crippen molar-refractivity contribution in [3.8, 4) is 22.3 Å². The predicted octanol–water partition coefficient (Wildman–Crippen LogP) is 7.23. The SMILES string of the molecule is Cc1ccc(-c2ccccc2-c2ccc3oc4ccccc4c3c2)cc1. The first-order valence-electron chi connectivity index (χ1n) is 8.87. The van der Waals surface area contributed by atoms with Gasteiger partial charge in [-0.3, -0.25) is 0 Å². The number of hydrogen-bond donors (Lipinski definition) is 0. The molecule has 0 fully saturated rings. The normalized spacial score (nSPS) is 11.3. The summed E-state index contributed by atoms with van der Waals surface area (Å²) in [5.41, 5.74) is 8.08. The molecular formula is C25H18O. The molecule has 0 saturated heterocycles. The van der Waals surface area contributed by atoms with E-state index in [-0.39, 0.29) is 0 Å². The summed E-state index contributed by atoms with van der Waals surface area (Å²) in [6, 6.07) is 32.0. The highest BCUT2D eigenvalue weighted by Gasteiger charge is 2.11. The number of benzene rings is 4. The van der Waals surface area contributed by atoms with Gasteiger partial charge in [0.2, 0.25) is 0 Å². The number of fused-ring (bicyclic) bond motifs is 3. The van der Waals surface area contributed by atoms with Gasteiger partial charge in [-0.1, -0.05) is 78.4 Å². The summed E-state index contributed by atoms with van der Waals surface area (Å²) in [5, 5.41) is 2.33. The predicted molar refractivity (Wildman–Crippen MR) is 109 cm³/mol. The van der Waals surface area contributed by atoms with Gasteiger partial charge in [0.25, 0.3) is 0 Å². The number of para-hydroxylation sites is 1. The van der Waals surface area contributed by atoms with Gasteiger partial charge in [0.05, 0.1) is 0 Å². The van der Waals surface area contributed by atoms with Gasteiger partial charge in [-0.25, -0.2) is 0 Å². The average molecular weight is 334 g/mol. The molecule has 5 aromatic rings. The first kappa shape index (κ1) is 15.0. The Morgan fingerprint density at radius 1 is 0.538 bits per heavy atom. The van der Waals surface area contributed by atoms with Crippen LogP contribution < -0.4 is 0 Å². The van der Waals surface area contributed by atoms with Crippen LogP contribution in [0.3, 0.4) is 0 Å². The summed E-state index contributed by atoms with van der Waals surface area (Å²) in [5.74, 6) is 0. The van der Waals surface area contributed by atoms with E-state index in [9.17, 15) is 0 Å². The van der Waals surface area contributed by atoms with Crippen LogP contribution >= 0.6 is 0 Å². The summed E-state index contributed by atoms with van der Waals surface area (Å²) >= 11 is 0. The molecule has 5 rings (SSSR count). The quantitative estimate of drug-likeness (QED) is 0.332. The molecule has 1 aromatic heterocycles. The highest BCUT2D eigenvalue weighted by Crippen LogP contribution is 2.36. The molecule has 0 bridgehead atoms. The Morgan fingerprint density at radius 3 is 1.96 bits per heavy atom. The number of aryl methyl sites for hydroxylation is 1. The lowest BCUT2D eigenvalue weighted by Crippen LogP contribution is -1.85. The highest BCUT2D eigenvalue weighted by atomic mass is 16.3. The lowest BCUT2D eigenvalue weighted by Gasteiger charge is -2.10. The van der Waals surface area contributed by atoms with Crippen LogP contribution in [0.2, 0.25) is 0 Å². The topological polar surface area (TPSA) is 13.1 Å². The first-order chi connectivity index (χ1) is 12.8. The lowest BCUT2D eigenvalue weighted by atomic mass is 9.93. The fourth-order valence-electron chi connectivity index (χ4n) is 3.61. The minimum atomic E-state index is 0.933. The standard InChI is InChI=1S/C25H18O/c1-17-10-12-18(13-11-17)20-6-2-3-7-21(20)19-14-15-25-23(16-19)22-8-4-5-9-24(22)26-25/h2-16H,1H3. The van der Waals surface area contributed by atoms with Gasteiger partial charge < -0.3 is 4.42 Å². The van der Waals surface area contributed by atoms with Gasteiger partial charge in [-0.15, -0.1) is 0 Å². The largest absolute Gasteiger partial charge is 0.456 e. The lowest BCUT2D eigenvalue weighted by molar-refractivity contribution is 0.669. The molecule has 124 valence electrons. The molecule has 0 spiro atoms. The zero-order valence-corrected chi connectivity index (χ0v) is 14.6. The molecule has 0 amide bonds. The van der Waals surface area contributed by atoms with Crippen molar-refractivity contribution in [3.05, 3.63) is 96.6 Å². The van der Waals surface area contributed by atoms with Gasteiger partial charge >= 0.3 is 0 Å². The van der Waals surface area contributed by atoms with Crippen molar-refractivity contribution in [1.82, 2.24) is 0 Å². The average Bonchev–Trinajstić information content (AvgIpc) is 3.06. The van der Waals surface area contributed by atoms with Gasteiger partial charge in [-0.05, 0) is 47.4 Å². The Hall–Kier alpha value is -3.32. The van der Waals surface area contributed by atoms with E-state index < -0.39 is 0 Å². The van der Waals surface area contributed by atoms with E-state index in [4.69, 9.17) is 4.42 Å². The van der Waals surface area contributed by atoms with Crippen LogP contribution in [0.1, 0.15) is 5.56 Å². The van der Waals surface area contributed by atoms with Crippen LogP contribution in [0.15, 0.2) is 95.4 Å². The molecule has 0 aliphatic rings. The minimum absolute atomic E-state index is 0.933. The van der Waals surface area contributed by atoms with Gasteiger partial charge in [0.1, 0.15) is 11.2 Å². The molecule has 0 N–H and O–H groups in total. The molecule has 1 heteroatoms. The minimum Gasteiger partial charge on any atom is -0.456 e. The third kappa shape index (κ3) is 2.41. The second-order valence-corrected chi connectivity index (χ2v) is 6.72. The van der Waals surface area contributed by atoms with Crippen molar-refractivity contribution in [2.24, 2.45) is 0 Å². The molecule has 0 saturated carbocycles. The molecule has 1 nitrogen and oxygen atoms in total. The molecule has 4 aromatic carbocycles. The Balaban J connectivity index is 1.73. The van der Waals surface area contributed by atoms with Crippen LogP contribution in [0, 0.1) is 6.92 Å². The van der Waals surface area contributed by atoms with Crippen LogP contribution in [0.4, 0.5) is 0 Å². The molecule has 1 heterocycles. The van der Waals surface area contributed by atoms with Gasteiger partial charge in [-0.2, -0.15) is 0 Å². The van der Waals surface area contributed by atoms with E-state index in [1.807, 2.05) is 12.1 Å². The second kappa shape index (κ2) is 5.89. The molecule has 0 aliphatic heterocycles. The van der Waals surface area contributed by atoms with Crippen LogP contribution in [-0.4, -0.2) is 0 Å². The Bertz CT molecular complexity index is 1230. The van der Waals surface area contributed by atoms with E-state index in [0.717, 1.165) is 21.9 Å². The van der Waals surface area contributed by atoms with Crippen LogP contribution in [-0.2, 0) is 0 Å². The third-order valence-electron chi connectivity index (χ3n) is 4.98. The summed E-state index contributed by atoms with van der Waals surface area (Å²) in [7, 11) is 0. The number of furan rings is 1. The molecule has 0 atom stereocenters. The maximum atomic E-state index is 5.97. The fourth-order valence-corrected chi connectivity index (χ4v) is 3.61. The van der Waals surface area contributed by atoms with Crippen LogP contribution in [0.25, 0.3) is 44.2 Å². The summed E-state index contributed by atoms with van der Waals surface area (Å²) in [6.45, 7) is 2.12. The Kier molecular flexibility index (Phi) is 3.39. The van der Waals surface area contributed by atoms with Crippen molar-refractivity contribution in [2.75, 3.05) is 0 Å². The van der Waals surface area contributed by atoms with Crippen molar-refractivity contribution in [2.45, 2.75) is 6.92 Å². The number of hydrogen-bond acceptors (Lipinski definition) is 1. The molecular weight excluding hydrogens is 316 g/mol. The van der Waals surface area contributed by atoms with Crippen molar-refractivity contribution < 1.29 is 4.42 Å². The highest BCUT2D eigenvalue weighted by molar-refractivity contribution is 6.06. The molecule has 26 heavy (non-hydrogen) atoms. The first-order valence-corrected chi connectivity index (χ1v) is 8.87. The Morgan fingerprint density at radius 2 is 1.15 bits per heavy atom. The number of rotatable bonds is 2. The molecule has 0 radical (unpaired) electrons. The molecule has 0 unspecified atom stereocenters. The van der Waals surface area contributed by atoms with Crippen LogP contribution in [0.5, 0.6) is 0 Å².